The van der Waals surface area contributed by atoms with Gasteiger partial charge in [-0.15, -0.1) is 5.10 Å². The maximum Gasteiger partial charge on any atom is 0.182 e. The number of nitrogens with zero attached hydrogens (tertiary/aromatic N) is 4. The van der Waals surface area contributed by atoms with Gasteiger partial charge < -0.3 is 5.73 Å². The first kappa shape index (κ1) is 11.2. The lowest BCUT2D eigenvalue weighted by Crippen LogP contribution is -2.03. The topological polar surface area (TPSA) is 69.6 Å². The van der Waals surface area contributed by atoms with Gasteiger partial charge in [0.1, 0.15) is 0 Å². The Kier molecular flexibility index (Phi) is 2.96. The van der Waals surface area contributed by atoms with Crippen LogP contribution in [0, 0.1) is 5.92 Å². The molecule has 0 saturated heterocycles. The van der Waals surface area contributed by atoms with Crippen LogP contribution in [0.15, 0.2) is 24.3 Å². The zero-order chi connectivity index (χ0) is 12.4. The second-order valence-electron chi connectivity index (χ2n) is 4.94. The van der Waals surface area contributed by atoms with E-state index >= 15 is 0 Å². The van der Waals surface area contributed by atoms with Gasteiger partial charge in [-0.25, -0.2) is 4.68 Å². The molecule has 1 heterocycles. The summed E-state index contributed by atoms with van der Waals surface area (Å²) >= 11 is 0. The Labute approximate surface area is 106 Å². The first-order valence-corrected chi connectivity index (χ1v) is 6.45. The largest absolute Gasteiger partial charge is 0.399 e. The molecular formula is C13H17N5. The molecule has 0 bridgehead atoms. The highest BCUT2D eigenvalue weighted by Gasteiger charge is 2.20. The van der Waals surface area contributed by atoms with E-state index in [0.29, 0.717) is 0 Å². The first-order valence-electron chi connectivity index (χ1n) is 6.45. The number of hydrogen-bond donors (Lipinski definition) is 1. The molecular weight excluding hydrogens is 226 g/mol. The Balaban J connectivity index is 1.73. The standard InChI is InChI=1S/C13H17N5/c14-12-5-1-4-11(9-12)13-15-16-17-18(13)8-2-3-10-6-7-10/h1,4-5,9-10H,2-3,6-8,14H2. The maximum absolute atomic E-state index is 5.79. The molecule has 0 spiro atoms. The number of hydrogen-bond acceptors (Lipinski definition) is 4. The van der Waals surface area contributed by atoms with E-state index in [2.05, 4.69) is 15.5 Å². The number of anilines is 1. The summed E-state index contributed by atoms with van der Waals surface area (Å²) in [4.78, 5) is 0. The van der Waals surface area contributed by atoms with Gasteiger partial charge in [0.05, 0.1) is 0 Å². The Morgan fingerprint density at radius 3 is 3.00 bits per heavy atom. The van der Waals surface area contributed by atoms with Crippen molar-refractivity contribution >= 4 is 5.69 Å². The molecule has 1 saturated carbocycles. The van der Waals surface area contributed by atoms with E-state index in [1.807, 2.05) is 28.9 Å². The second-order valence-corrected chi connectivity index (χ2v) is 4.94. The highest BCUT2D eigenvalue weighted by atomic mass is 15.5. The number of tetrazole rings is 1. The van der Waals surface area contributed by atoms with Crippen LogP contribution in [0.4, 0.5) is 5.69 Å². The van der Waals surface area contributed by atoms with Crippen LogP contribution in [0.25, 0.3) is 11.4 Å². The van der Waals surface area contributed by atoms with E-state index in [0.717, 1.165) is 36.0 Å². The van der Waals surface area contributed by atoms with Crippen molar-refractivity contribution in [1.82, 2.24) is 20.2 Å². The normalized spacial score (nSPS) is 14.9. The van der Waals surface area contributed by atoms with Crippen LogP contribution >= 0.6 is 0 Å². The van der Waals surface area contributed by atoms with Crippen molar-refractivity contribution in [3.63, 3.8) is 0 Å². The molecule has 3 rings (SSSR count). The SMILES string of the molecule is Nc1cccc(-c2nnnn2CCCC2CC2)c1. The van der Waals surface area contributed by atoms with Crippen LogP contribution in [-0.2, 0) is 6.54 Å². The Hall–Kier alpha value is -1.91. The molecule has 0 amide bonds. The van der Waals surface area contributed by atoms with E-state index in [1.165, 1.54) is 19.3 Å². The summed E-state index contributed by atoms with van der Waals surface area (Å²) in [6.07, 6.45) is 5.23. The molecule has 1 aliphatic carbocycles. The molecule has 5 nitrogen and oxygen atoms in total. The summed E-state index contributed by atoms with van der Waals surface area (Å²) in [6.45, 7) is 0.883. The third kappa shape index (κ3) is 2.50. The number of rotatable bonds is 5. The molecule has 0 aliphatic heterocycles. The summed E-state index contributed by atoms with van der Waals surface area (Å²) in [5.74, 6) is 1.76. The first-order chi connectivity index (χ1) is 8.83. The predicted octanol–water partition coefficient (Wildman–Crippen LogP) is 2.11. The van der Waals surface area contributed by atoms with Crippen molar-refractivity contribution in [2.45, 2.75) is 32.2 Å². The minimum Gasteiger partial charge on any atom is -0.399 e. The van der Waals surface area contributed by atoms with Gasteiger partial charge in [-0.2, -0.15) is 0 Å². The molecule has 2 aromatic rings. The molecule has 1 aliphatic rings. The number of nitrogens with two attached hydrogens (primary N) is 1. The molecule has 5 heteroatoms. The molecule has 18 heavy (non-hydrogen) atoms. The van der Waals surface area contributed by atoms with E-state index in [-0.39, 0.29) is 0 Å². The average Bonchev–Trinajstić information content (AvgIpc) is 3.06. The highest BCUT2D eigenvalue weighted by molar-refractivity contribution is 5.60. The van der Waals surface area contributed by atoms with Gasteiger partial charge in [0, 0.05) is 17.8 Å². The molecule has 0 atom stereocenters. The van der Waals surface area contributed by atoms with Gasteiger partial charge in [0.2, 0.25) is 0 Å². The molecule has 1 fully saturated rings. The van der Waals surface area contributed by atoms with Crippen molar-refractivity contribution in [1.29, 1.82) is 0 Å². The van der Waals surface area contributed by atoms with Crippen molar-refractivity contribution in [2.24, 2.45) is 5.92 Å². The van der Waals surface area contributed by atoms with Gasteiger partial charge in [-0.1, -0.05) is 25.0 Å². The van der Waals surface area contributed by atoms with Gasteiger partial charge in [0.15, 0.2) is 5.82 Å². The monoisotopic (exact) mass is 243 g/mol. The van der Waals surface area contributed by atoms with Gasteiger partial charge in [-0.05, 0) is 41.3 Å². The molecule has 94 valence electrons. The van der Waals surface area contributed by atoms with Crippen molar-refractivity contribution in [3.8, 4) is 11.4 Å². The van der Waals surface area contributed by atoms with E-state index < -0.39 is 0 Å². The average molecular weight is 243 g/mol. The fourth-order valence-electron chi connectivity index (χ4n) is 2.18. The predicted molar refractivity (Wildman–Crippen MR) is 69.6 cm³/mol. The quantitative estimate of drug-likeness (QED) is 0.816. The van der Waals surface area contributed by atoms with E-state index in [1.54, 1.807) is 0 Å². The fraction of sp³-hybridized carbons (Fsp3) is 0.462. The summed E-state index contributed by atoms with van der Waals surface area (Å²) in [5.41, 5.74) is 7.50. The number of aryl methyl sites for hydroxylation is 1. The zero-order valence-electron chi connectivity index (χ0n) is 10.3. The summed E-state index contributed by atoms with van der Waals surface area (Å²) in [5, 5.41) is 11.9. The van der Waals surface area contributed by atoms with Crippen LogP contribution in [-0.4, -0.2) is 20.2 Å². The Morgan fingerprint density at radius 1 is 1.33 bits per heavy atom. The molecule has 1 aromatic heterocycles. The van der Waals surface area contributed by atoms with Gasteiger partial charge >= 0.3 is 0 Å². The smallest absolute Gasteiger partial charge is 0.182 e. The van der Waals surface area contributed by atoms with E-state index in [9.17, 15) is 0 Å². The lowest BCUT2D eigenvalue weighted by Gasteiger charge is -2.04. The van der Waals surface area contributed by atoms with Crippen molar-refractivity contribution < 1.29 is 0 Å². The molecule has 2 N–H and O–H groups in total. The number of nitrogen functional groups attached to an aromatic ring is 1. The zero-order valence-corrected chi connectivity index (χ0v) is 10.3. The van der Waals surface area contributed by atoms with E-state index in [4.69, 9.17) is 5.73 Å². The molecule has 0 unspecified atom stereocenters. The van der Waals surface area contributed by atoms with Crippen LogP contribution < -0.4 is 5.73 Å². The van der Waals surface area contributed by atoms with Gasteiger partial charge in [0.25, 0.3) is 0 Å². The summed E-state index contributed by atoms with van der Waals surface area (Å²) in [6, 6.07) is 7.68. The van der Waals surface area contributed by atoms with Crippen LogP contribution in [0.3, 0.4) is 0 Å². The van der Waals surface area contributed by atoms with Crippen LogP contribution in [0.1, 0.15) is 25.7 Å². The summed E-state index contributed by atoms with van der Waals surface area (Å²) in [7, 11) is 0. The highest BCUT2D eigenvalue weighted by Crippen LogP contribution is 2.33. The van der Waals surface area contributed by atoms with Crippen LogP contribution in [0.2, 0.25) is 0 Å². The maximum atomic E-state index is 5.79. The second kappa shape index (κ2) is 4.76. The lowest BCUT2D eigenvalue weighted by molar-refractivity contribution is 0.527. The minimum absolute atomic E-state index is 0.736. The number of benzene rings is 1. The third-order valence-electron chi connectivity index (χ3n) is 3.36. The van der Waals surface area contributed by atoms with Crippen molar-refractivity contribution in [3.05, 3.63) is 24.3 Å². The lowest BCUT2D eigenvalue weighted by atomic mass is 10.2. The molecule has 1 aromatic carbocycles. The van der Waals surface area contributed by atoms with Crippen molar-refractivity contribution in [2.75, 3.05) is 5.73 Å². The Bertz CT molecular complexity index is 530. The van der Waals surface area contributed by atoms with Crippen LogP contribution in [0.5, 0.6) is 0 Å². The number of aromatic nitrogens is 4. The summed E-state index contributed by atoms with van der Waals surface area (Å²) < 4.78 is 1.87. The Morgan fingerprint density at radius 2 is 2.22 bits per heavy atom. The third-order valence-corrected chi connectivity index (χ3v) is 3.36. The fourth-order valence-corrected chi connectivity index (χ4v) is 2.18. The molecule has 0 radical (unpaired) electrons. The van der Waals surface area contributed by atoms with Gasteiger partial charge in [-0.3, -0.25) is 0 Å². The minimum atomic E-state index is 0.736.